The van der Waals surface area contributed by atoms with Gasteiger partial charge in [-0.1, -0.05) is 77.5 Å². The highest BCUT2D eigenvalue weighted by Gasteiger charge is 2.35. The van der Waals surface area contributed by atoms with Crippen LogP contribution in [-0.2, 0) is 16.1 Å². The first-order valence-corrected chi connectivity index (χ1v) is 17.0. The highest BCUT2D eigenvalue weighted by atomic mass is 79.9. The summed E-state index contributed by atoms with van der Waals surface area (Å²) in [6.07, 6.45) is 1.80. The Balaban J connectivity index is 1.48. The van der Waals surface area contributed by atoms with Crippen LogP contribution in [-0.4, -0.2) is 31.4 Å². The van der Waals surface area contributed by atoms with Crippen LogP contribution in [0.1, 0.15) is 35.2 Å². The zero-order valence-corrected chi connectivity index (χ0v) is 29.4. The van der Waals surface area contributed by atoms with Crippen molar-refractivity contribution in [1.82, 2.24) is 4.57 Å². The van der Waals surface area contributed by atoms with Crippen molar-refractivity contribution in [2.45, 2.75) is 19.6 Å². The molecule has 1 aliphatic heterocycles. The number of halogens is 2. The molecule has 0 saturated carbocycles. The van der Waals surface area contributed by atoms with Gasteiger partial charge in [-0.25, -0.2) is 9.79 Å². The van der Waals surface area contributed by atoms with Crippen molar-refractivity contribution in [2.24, 2.45) is 4.99 Å². The molecule has 0 saturated heterocycles. The number of methoxy groups -OCH3 is 2. The van der Waals surface area contributed by atoms with Crippen LogP contribution < -0.4 is 29.1 Å². The first-order chi connectivity index (χ1) is 23.3. The van der Waals surface area contributed by atoms with Gasteiger partial charge in [-0.05, 0) is 82.0 Å². The molecule has 8 nitrogen and oxygen atoms in total. The molecule has 1 atom stereocenters. The van der Waals surface area contributed by atoms with Crippen LogP contribution in [0.4, 0.5) is 0 Å². The van der Waals surface area contributed by atoms with E-state index in [1.165, 1.54) is 18.4 Å². The van der Waals surface area contributed by atoms with Crippen LogP contribution in [0.3, 0.4) is 0 Å². The summed E-state index contributed by atoms with van der Waals surface area (Å²) in [5, 5.41) is 0.644. The molecule has 244 valence electrons. The number of benzene rings is 4. The zero-order chi connectivity index (χ0) is 33.8. The minimum Gasteiger partial charge on any atom is -0.493 e. The zero-order valence-electron chi connectivity index (χ0n) is 26.2. The SMILES string of the molecule is CCOC(=O)C1=C(c2ccccc2)N=c2s/c(=C\c3ccc(OCc4cccc(Cl)c4)c(Br)c3)c(=O)n2[C@H]1c1ccc(OC)c(OC)c1. The van der Waals surface area contributed by atoms with E-state index in [-0.39, 0.29) is 17.7 Å². The molecular formula is C37H30BrClN2O6S. The molecule has 0 N–H and O–H groups in total. The lowest BCUT2D eigenvalue weighted by atomic mass is 9.93. The summed E-state index contributed by atoms with van der Waals surface area (Å²) in [5.74, 6) is 1.06. The van der Waals surface area contributed by atoms with Gasteiger partial charge in [-0.3, -0.25) is 9.36 Å². The topological polar surface area (TPSA) is 88.4 Å². The highest BCUT2D eigenvalue weighted by Crippen LogP contribution is 2.38. The van der Waals surface area contributed by atoms with Crippen molar-refractivity contribution in [1.29, 1.82) is 0 Å². The summed E-state index contributed by atoms with van der Waals surface area (Å²) >= 11 is 11.0. The van der Waals surface area contributed by atoms with Crippen molar-refractivity contribution in [2.75, 3.05) is 20.8 Å². The number of hydrogen-bond acceptors (Lipinski definition) is 8. The Morgan fingerprint density at radius 1 is 0.958 bits per heavy atom. The van der Waals surface area contributed by atoms with Crippen molar-refractivity contribution < 1.29 is 23.7 Å². The van der Waals surface area contributed by atoms with E-state index in [9.17, 15) is 9.59 Å². The largest absolute Gasteiger partial charge is 0.493 e. The second-order valence-electron chi connectivity index (χ2n) is 10.7. The van der Waals surface area contributed by atoms with E-state index in [0.29, 0.717) is 49.5 Å². The van der Waals surface area contributed by atoms with Gasteiger partial charge in [-0.2, -0.15) is 0 Å². The first-order valence-electron chi connectivity index (χ1n) is 15.0. The van der Waals surface area contributed by atoms with Crippen molar-refractivity contribution >= 4 is 56.6 Å². The van der Waals surface area contributed by atoms with Gasteiger partial charge in [0.1, 0.15) is 12.4 Å². The molecule has 1 aromatic heterocycles. The lowest BCUT2D eigenvalue weighted by Crippen LogP contribution is -2.40. The number of rotatable bonds is 10. The maximum absolute atomic E-state index is 14.3. The molecule has 5 aromatic rings. The second-order valence-corrected chi connectivity index (χ2v) is 13.0. The van der Waals surface area contributed by atoms with Gasteiger partial charge in [-0.15, -0.1) is 0 Å². The summed E-state index contributed by atoms with van der Waals surface area (Å²) in [6, 6.07) is 27.0. The maximum Gasteiger partial charge on any atom is 0.338 e. The molecule has 0 aliphatic carbocycles. The summed E-state index contributed by atoms with van der Waals surface area (Å²) in [4.78, 5) is 33.4. The average Bonchev–Trinajstić information content (AvgIpc) is 3.41. The third-order valence-corrected chi connectivity index (χ3v) is 9.47. The van der Waals surface area contributed by atoms with Crippen LogP contribution in [0.2, 0.25) is 5.02 Å². The number of thiazole rings is 1. The van der Waals surface area contributed by atoms with E-state index in [1.54, 1.807) is 36.8 Å². The van der Waals surface area contributed by atoms with Crippen molar-refractivity contribution in [3.63, 3.8) is 0 Å². The smallest absolute Gasteiger partial charge is 0.338 e. The average molecular weight is 746 g/mol. The molecule has 1 aliphatic rings. The number of esters is 1. The van der Waals surface area contributed by atoms with E-state index in [4.69, 9.17) is 35.5 Å². The van der Waals surface area contributed by atoms with Gasteiger partial charge in [0.2, 0.25) is 0 Å². The minimum atomic E-state index is -0.855. The molecule has 0 radical (unpaired) electrons. The van der Waals surface area contributed by atoms with E-state index < -0.39 is 12.0 Å². The minimum absolute atomic E-state index is 0.154. The highest BCUT2D eigenvalue weighted by molar-refractivity contribution is 9.10. The van der Waals surface area contributed by atoms with Crippen LogP contribution >= 0.6 is 38.9 Å². The van der Waals surface area contributed by atoms with Gasteiger partial charge < -0.3 is 18.9 Å². The number of ether oxygens (including phenoxy) is 4. The lowest BCUT2D eigenvalue weighted by Gasteiger charge is -2.26. The van der Waals surface area contributed by atoms with E-state index >= 15 is 0 Å². The van der Waals surface area contributed by atoms with Crippen LogP contribution in [0.15, 0.2) is 111 Å². The third-order valence-electron chi connectivity index (χ3n) is 7.63. The monoisotopic (exact) mass is 744 g/mol. The standard InChI is InChI=1S/C37H30BrClN2O6S/c1-4-46-36(43)32-33(24-10-6-5-7-11-24)40-37-41(34(32)25-14-16-29(44-2)30(20-25)45-3)35(42)31(48-37)19-22-13-15-28(27(38)18-22)47-21-23-9-8-12-26(39)17-23/h5-20,34H,4,21H2,1-3H3/b31-19-/t34-/m0/s1. The molecule has 11 heteroatoms. The molecule has 0 spiro atoms. The molecule has 6 rings (SSSR count). The Bertz CT molecular complexity index is 2210. The molecule has 0 unspecified atom stereocenters. The normalized spacial score (nSPS) is 14.3. The Hall–Kier alpha value is -4.64. The number of aromatic nitrogens is 1. The molecule has 48 heavy (non-hydrogen) atoms. The Morgan fingerprint density at radius 3 is 2.44 bits per heavy atom. The van der Waals surface area contributed by atoms with Crippen LogP contribution in [0, 0.1) is 0 Å². The summed E-state index contributed by atoms with van der Waals surface area (Å²) in [7, 11) is 3.09. The van der Waals surface area contributed by atoms with E-state index in [0.717, 1.165) is 21.2 Å². The van der Waals surface area contributed by atoms with Crippen LogP contribution in [0.5, 0.6) is 17.2 Å². The Labute approximate surface area is 294 Å². The summed E-state index contributed by atoms with van der Waals surface area (Å²) < 4.78 is 25.4. The molecule has 2 heterocycles. The van der Waals surface area contributed by atoms with Crippen molar-refractivity contribution in [3.8, 4) is 17.2 Å². The summed E-state index contributed by atoms with van der Waals surface area (Å²) in [5.41, 5.74) is 3.46. The van der Waals surface area contributed by atoms with E-state index in [1.807, 2.05) is 78.9 Å². The van der Waals surface area contributed by atoms with Crippen LogP contribution in [0.25, 0.3) is 11.8 Å². The number of nitrogens with zero attached hydrogens (tertiary/aromatic N) is 2. The molecule has 0 fully saturated rings. The quantitative estimate of drug-likeness (QED) is 0.144. The third kappa shape index (κ3) is 6.82. The lowest BCUT2D eigenvalue weighted by molar-refractivity contribution is -0.138. The maximum atomic E-state index is 14.3. The molecule has 0 amide bonds. The number of fused-ring (bicyclic) bond motifs is 1. The van der Waals surface area contributed by atoms with Gasteiger partial charge >= 0.3 is 5.97 Å². The predicted molar refractivity (Wildman–Crippen MR) is 191 cm³/mol. The van der Waals surface area contributed by atoms with E-state index in [2.05, 4.69) is 15.9 Å². The number of hydrogen-bond donors (Lipinski definition) is 0. The van der Waals surface area contributed by atoms with Gasteiger partial charge in [0.25, 0.3) is 5.56 Å². The van der Waals surface area contributed by atoms with Gasteiger partial charge in [0.15, 0.2) is 16.3 Å². The Kier molecular flexibility index (Phi) is 10.1. The molecule has 0 bridgehead atoms. The number of carbonyl (C=O) groups excluding carboxylic acids is 1. The predicted octanol–water partition coefficient (Wildman–Crippen LogP) is 6.95. The molecular weight excluding hydrogens is 716 g/mol. The second kappa shape index (κ2) is 14.6. The van der Waals surface area contributed by atoms with Crippen molar-refractivity contribution in [3.05, 3.63) is 148 Å². The fourth-order valence-electron chi connectivity index (χ4n) is 5.44. The first kappa shape index (κ1) is 33.3. The Morgan fingerprint density at radius 2 is 1.73 bits per heavy atom. The number of carbonyl (C=O) groups is 1. The summed E-state index contributed by atoms with van der Waals surface area (Å²) in [6.45, 7) is 2.24. The fourth-order valence-corrected chi connectivity index (χ4v) is 7.17. The molecule has 4 aromatic carbocycles. The van der Waals surface area contributed by atoms with Gasteiger partial charge in [0.05, 0.1) is 47.1 Å². The van der Waals surface area contributed by atoms with Gasteiger partial charge in [0, 0.05) is 10.6 Å². The fraction of sp³-hybridized carbons (Fsp3) is 0.162.